The van der Waals surface area contributed by atoms with Crippen LogP contribution in [0.4, 0.5) is 5.69 Å². The summed E-state index contributed by atoms with van der Waals surface area (Å²) in [4.78, 5) is 16.9. The van der Waals surface area contributed by atoms with Crippen LogP contribution < -0.4 is 11.1 Å². The highest BCUT2D eigenvalue weighted by Crippen LogP contribution is 2.30. The van der Waals surface area contributed by atoms with Gasteiger partial charge in [-0.15, -0.1) is 11.3 Å². The molecular weight excluding hydrogens is 302 g/mol. The van der Waals surface area contributed by atoms with Crippen LogP contribution in [0.2, 0.25) is 0 Å². The SMILES string of the molecule is CSc1nc2ccc(NC(=O)C3CCCCC3N)cc2s1. The smallest absolute Gasteiger partial charge is 0.229 e. The van der Waals surface area contributed by atoms with Gasteiger partial charge in [-0.3, -0.25) is 4.79 Å². The maximum absolute atomic E-state index is 12.4. The number of fused-ring (bicyclic) bond motifs is 1. The van der Waals surface area contributed by atoms with Crippen molar-refractivity contribution in [3.8, 4) is 0 Å². The zero-order valence-corrected chi connectivity index (χ0v) is 13.6. The molecule has 0 radical (unpaired) electrons. The number of amides is 1. The first kappa shape index (κ1) is 14.8. The van der Waals surface area contributed by atoms with Gasteiger partial charge in [-0.1, -0.05) is 24.6 Å². The Balaban J connectivity index is 1.76. The monoisotopic (exact) mass is 321 g/mol. The van der Waals surface area contributed by atoms with Gasteiger partial charge in [0.15, 0.2) is 4.34 Å². The van der Waals surface area contributed by atoms with Crippen LogP contribution in [0.3, 0.4) is 0 Å². The van der Waals surface area contributed by atoms with E-state index in [4.69, 9.17) is 5.73 Å². The Kier molecular flexibility index (Phi) is 4.47. The fourth-order valence-corrected chi connectivity index (χ4v) is 4.32. The number of aromatic nitrogens is 1. The molecule has 3 rings (SSSR count). The maximum Gasteiger partial charge on any atom is 0.229 e. The first-order valence-electron chi connectivity index (χ1n) is 7.18. The van der Waals surface area contributed by atoms with Gasteiger partial charge in [0.1, 0.15) is 0 Å². The standard InChI is InChI=1S/C15H19N3OS2/c1-20-15-18-12-7-6-9(8-13(12)21-15)17-14(19)10-4-2-3-5-11(10)16/h6-8,10-11H,2-5,16H2,1H3,(H,17,19). The zero-order chi connectivity index (χ0) is 14.8. The highest BCUT2D eigenvalue weighted by molar-refractivity contribution is 8.00. The van der Waals surface area contributed by atoms with E-state index in [9.17, 15) is 4.79 Å². The molecule has 1 aromatic carbocycles. The Hall–Kier alpha value is -1.11. The van der Waals surface area contributed by atoms with Gasteiger partial charge in [0, 0.05) is 11.7 Å². The molecule has 2 atom stereocenters. The van der Waals surface area contributed by atoms with Gasteiger partial charge in [0.2, 0.25) is 5.91 Å². The summed E-state index contributed by atoms with van der Waals surface area (Å²) in [5.41, 5.74) is 7.89. The number of rotatable bonds is 3. The van der Waals surface area contributed by atoms with Crippen LogP contribution in [0.1, 0.15) is 25.7 Å². The Bertz CT molecular complexity index is 655. The van der Waals surface area contributed by atoms with Gasteiger partial charge in [-0.2, -0.15) is 0 Å². The second-order valence-corrected chi connectivity index (χ2v) is 7.49. The third-order valence-corrected chi connectivity index (χ3v) is 5.97. The minimum absolute atomic E-state index is 0.00557. The first-order valence-corrected chi connectivity index (χ1v) is 9.22. The van der Waals surface area contributed by atoms with Gasteiger partial charge in [-0.05, 0) is 37.3 Å². The average molecular weight is 321 g/mol. The molecule has 1 heterocycles. The molecule has 2 aromatic rings. The van der Waals surface area contributed by atoms with Crippen molar-refractivity contribution in [2.45, 2.75) is 36.1 Å². The van der Waals surface area contributed by atoms with Crippen molar-refractivity contribution in [1.29, 1.82) is 0 Å². The number of carbonyl (C=O) groups excluding carboxylic acids is 1. The Morgan fingerprint density at radius 1 is 1.43 bits per heavy atom. The Labute approximate surface area is 132 Å². The molecular formula is C15H19N3OS2. The summed E-state index contributed by atoms with van der Waals surface area (Å²) in [6.07, 6.45) is 6.09. The Morgan fingerprint density at radius 2 is 2.24 bits per heavy atom. The Morgan fingerprint density at radius 3 is 3.00 bits per heavy atom. The number of thiazole rings is 1. The van der Waals surface area contributed by atoms with Gasteiger partial charge in [0.05, 0.1) is 16.1 Å². The van der Waals surface area contributed by atoms with Crippen LogP contribution in [0, 0.1) is 5.92 Å². The van der Waals surface area contributed by atoms with Crippen LogP contribution in [0.15, 0.2) is 22.5 Å². The van der Waals surface area contributed by atoms with E-state index in [0.717, 1.165) is 45.9 Å². The molecule has 0 spiro atoms. The molecule has 4 nitrogen and oxygen atoms in total. The maximum atomic E-state index is 12.4. The lowest BCUT2D eigenvalue weighted by Crippen LogP contribution is -2.40. The van der Waals surface area contributed by atoms with E-state index in [-0.39, 0.29) is 17.9 Å². The number of thioether (sulfide) groups is 1. The molecule has 0 bridgehead atoms. The predicted molar refractivity (Wildman–Crippen MR) is 90.0 cm³/mol. The molecule has 1 fully saturated rings. The van der Waals surface area contributed by atoms with Crippen LogP contribution in [0.25, 0.3) is 10.2 Å². The van der Waals surface area contributed by atoms with Crippen molar-refractivity contribution in [1.82, 2.24) is 4.98 Å². The summed E-state index contributed by atoms with van der Waals surface area (Å²) in [5.74, 6) is -0.00572. The van der Waals surface area contributed by atoms with Crippen molar-refractivity contribution in [3.05, 3.63) is 18.2 Å². The van der Waals surface area contributed by atoms with Gasteiger partial charge >= 0.3 is 0 Å². The quantitative estimate of drug-likeness (QED) is 0.849. The number of hydrogen-bond acceptors (Lipinski definition) is 5. The second kappa shape index (κ2) is 6.34. The van der Waals surface area contributed by atoms with Gasteiger partial charge in [0.25, 0.3) is 0 Å². The molecule has 1 amide bonds. The van der Waals surface area contributed by atoms with Crippen molar-refractivity contribution in [2.75, 3.05) is 11.6 Å². The number of nitrogens with two attached hydrogens (primary N) is 1. The van der Waals surface area contributed by atoms with Crippen molar-refractivity contribution in [2.24, 2.45) is 11.7 Å². The molecule has 0 saturated heterocycles. The number of benzene rings is 1. The fourth-order valence-electron chi connectivity index (χ4n) is 2.79. The fraction of sp³-hybridized carbons (Fsp3) is 0.467. The number of nitrogens with one attached hydrogen (secondary N) is 1. The number of hydrogen-bond donors (Lipinski definition) is 2. The minimum atomic E-state index is -0.0577. The lowest BCUT2D eigenvalue weighted by atomic mass is 9.84. The summed E-state index contributed by atoms with van der Waals surface area (Å²) in [7, 11) is 0. The van der Waals surface area contributed by atoms with E-state index in [1.165, 1.54) is 0 Å². The number of carbonyl (C=O) groups is 1. The summed E-state index contributed by atoms with van der Waals surface area (Å²) < 4.78 is 2.15. The zero-order valence-electron chi connectivity index (χ0n) is 12.0. The third-order valence-electron chi connectivity index (χ3n) is 3.97. The second-order valence-electron chi connectivity index (χ2n) is 5.41. The molecule has 2 unspecified atom stereocenters. The molecule has 21 heavy (non-hydrogen) atoms. The molecule has 1 aliphatic carbocycles. The molecule has 0 aliphatic heterocycles. The van der Waals surface area contributed by atoms with Crippen molar-refractivity contribution in [3.63, 3.8) is 0 Å². The molecule has 3 N–H and O–H groups in total. The lowest BCUT2D eigenvalue weighted by molar-refractivity contribution is -0.121. The summed E-state index contributed by atoms with van der Waals surface area (Å²) >= 11 is 3.29. The van der Waals surface area contributed by atoms with E-state index < -0.39 is 0 Å². The van der Waals surface area contributed by atoms with E-state index >= 15 is 0 Å². The number of nitrogens with zero attached hydrogens (tertiary/aromatic N) is 1. The van der Waals surface area contributed by atoms with E-state index in [1.54, 1.807) is 23.1 Å². The first-order chi connectivity index (χ1) is 10.2. The minimum Gasteiger partial charge on any atom is -0.327 e. The van der Waals surface area contributed by atoms with Gasteiger partial charge < -0.3 is 11.1 Å². The van der Waals surface area contributed by atoms with E-state index in [0.29, 0.717) is 0 Å². The highest BCUT2D eigenvalue weighted by atomic mass is 32.2. The van der Waals surface area contributed by atoms with Crippen molar-refractivity contribution < 1.29 is 4.79 Å². The predicted octanol–water partition coefficient (Wildman–Crippen LogP) is 3.47. The average Bonchev–Trinajstić information content (AvgIpc) is 2.90. The number of anilines is 1. The molecule has 1 aromatic heterocycles. The largest absolute Gasteiger partial charge is 0.327 e. The summed E-state index contributed by atoms with van der Waals surface area (Å²) in [6, 6.07) is 5.87. The third kappa shape index (κ3) is 3.22. The summed E-state index contributed by atoms with van der Waals surface area (Å²) in [6.45, 7) is 0. The van der Waals surface area contributed by atoms with Crippen molar-refractivity contribution >= 4 is 44.9 Å². The highest BCUT2D eigenvalue weighted by Gasteiger charge is 2.28. The normalized spacial score (nSPS) is 22.4. The molecule has 6 heteroatoms. The molecule has 1 aliphatic rings. The van der Waals surface area contributed by atoms with Crippen LogP contribution in [0.5, 0.6) is 0 Å². The summed E-state index contributed by atoms with van der Waals surface area (Å²) in [5, 5.41) is 3.01. The van der Waals surface area contributed by atoms with Crippen LogP contribution in [-0.2, 0) is 4.79 Å². The molecule has 112 valence electrons. The molecule has 1 saturated carbocycles. The lowest BCUT2D eigenvalue weighted by Gasteiger charge is -2.27. The van der Waals surface area contributed by atoms with Crippen LogP contribution in [-0.4, -0.2) is 23.2 Å². The van der Waals surface area contributed by atoms with Crippen LogP contribution >= 0.6 is 23.1 Å². The topological polar surface area (TPSA) is 68.0 Å². The van der Waals surface area contributed by atoms with Gasteiger partial charge in [-0.25, -0.2) is 4.98 Å². The van der Waals surface area contributed by atoms with E-state index in [2.05, 4.69) is 10.3 Å². The van der Waals surface area contributed by atoms with E-state index in [1.807, 2.05) is 24.5 Å².